The Hall–Kier alpha value is -3.02. The zero-order valence-corrected chi connectivity index (χ0v) is 13.7. The molecule has 0 aliphatic rings. The van der Waals surface area contributed by atoms with Gasteiger partial charge in [0.1, 0.15) is 16.9 Å². The standard InChI is InChI=1S/C18H18N2O4/c1-18(2,3)24-17(22)19-11-8-9-14(21)12(10-11)16-20-13-6-4-5-7-15(13)23-16/h4-10,21H,1-3H3,(H,19,22). The van der Waals surface area contributed by atoms with E-state index in [-0.39, 0.29) is 11.6 Å². The summed E-state index contributed by atoms with van der Waals surface area (Å²) in [6, 6.07) is 12.0. The molecule has 0 saturated heterocycles. The molecular formula is C18H18N2O4. The lowest BCUT2D eigenvalue weighted by molar-refractivity contribution is 0.0636. The zero-order valence-electron chi connectivity index (χ0n) is 13.7. The van der Waals surface area contributed by atoms with Crippen molar-refractivity contribution in [3.8, 4) is 17.2 Å². The molecule has 3 aromatic rings. The first-order valence-electron chi connectivity index (χ1n) is 7.51. The molecule has 0 radical (unpaired) electrons. The highest BCUT2D eigenvalue weighted by atomic mass is 16.6. The number of fused-ring (bicyclic) bond motifs is 1. The Balaban J connectivity index is 1.90. The second-order valence-corrected chi connectivity index (χ2v) is 6.35. The first-order chi connectivity index (χ1) is 11.3. The SMILES string of the molecule is CC(C)(C)OC(=O)Nc1ccc(O)c(-c2nc3ccccc3o2)c1. The average Bonchev–Trinajstić information content (AvgIpc) is 2.91. The third-order valence-electron chi connectivity index (χ3n) is 3.17. The van der Waals surface area contributed by atoms with Crippen molar-refractivity contribution >= 4 is 22.9 Å². The molecule has 0 atom stereocenters. The third kappa shape index (κ3) is 3.48. The van der Waals surface area contributed by atoms with Crippen LogP contribution in [0.4, 0.5) is 10.5 Å². The number of phenolic OH excluding ortho intramolecular Hbond substituents is 1. The summed E-state index contributed by atoms with van der Waals surface area (Å²) < 4.78 is 10.9. The van der Waals surface area contributed by atoms with Crippen LogP contribution in [0, 0.1) is 0 Å². The van der Waals surface area contributed by atoms with Gasteiger partial charge in [0.25, 0.3) is 0 Å². The predicted molar refractivity (Wildman–Crippen MR) is 91.0 cm³/mol. The largest absolute Gasteiger partial charge is 0.507 e. The van der Waals surface area contributed by atoms with Gasteiger partial charge in [0.05, 0.1) is 5.56 Å². The van der Waals surface area contributed by atoms with Crippen LogP contribution < -0.4 is 5.32 Å². The molecule has 3 rings (SSSR count). The van der Waals surface area contributed by atoms with E-state index in [1.54, 1.807) is 39.0 Å². The number of ether oxygens (including phenoxy) is 1. The number of amides is 1. The molecule has 6 heteroatoms. The topological polar surface area (TPSA) is 84.6 Å². The van der Waals surface area contributed by atoms with Crippen LogP contribution in [0.3, 0.4) is 0 Å². The van der Waals surface area contributed by atoms with Gasteiger partial charge in [0.15, 0.2) is 5.58 Å². The highest BCUT2D eigenvalue weighted by molar-refractivity contribution is 5.87. The number of nitrogens with one attached hydrogen (secondary N) is 1. The minimum Gasteiger partial charge on any atom is -0.507 e. The number of anilines is 1. The molecule has 0 fully saturated rings. The van der Waals surface area contributed by atoms with Crippen LogP contribution in [0.25, 0.3) is 22.6 Å². The van der Waals surface area contributed by atoms with Gasteiger partial charge in [0, 0.05) is 5.69 Å². The van der Waals surface area contributed by atoms with Gasteiger partial charge in [-0.25, -0.2) is 9.78 Å². The smallest absolute Gasteiger partial charge is 0.412 e. The summed E-state index contributed by atoms with van der Waals surface area (Å²) in [5, 5.41) is 12.7. The zero-order chi connectivity index (χ0) is 17.3. The van der Waals surface area contributed by atoms with E-state index in [1.807, 2.05) is 18.2 Å². The van der Waals surface area contributed by atoms with Crippen LogP contribution in [-0.2, 0) is 4.74 Å². The van der Waals surface area contributed by atoms with E-state index >= 15 is 0 Å². The summed E-state index contributed by atoms with van der Waals surface area (Å²) in [7, 11) is 0. The van der Waals surface area contributed by atoms with E-state index in [1.165, 1.54) is 6.07 Å². The first kappa shape index (κ1) is 15.9. The number of para-hydroxylation sites is 2. The Bertz CT molecular complexity index is 860. The second-order valence-electron chi connectivity index (χ2n) is 6.35. The van der Waals surface area contributed by atoms with Crippen molar-refractivity contribution in [2.45, 2.75) is 26.4 Å². The fraction of sp³-hybridized carbons (Fsp3) is 0.222. The van der Waals surface area contributed by atoms with Gasteiger partial charge in [-0.15, -0.1) is 0 Å². The van der Waals surface area contributed by atoms with Crippen LogP contribution in [0.2, 0.25) is 0 Å². The van der Waals surface area contributed by atoms with Crippen LogP contribution in [0.15, 0.2) is 46.9 Å². The highest BCUT2D eigenvalue weighted by Gasteiger charge is 2.18. The molecule has 0 spiro atoms. The van der Waals surface area contributed by atoms with Crippen molar-refractivity contribution in [2.24, 2.45) is 0 Å². The number of benzene rings is 2. The molecule has 0 bridgehead atoms. The van der Waals surface area contributed by atoms with E-state index in [4.69, 9.17) is 9.15 Å². The molecule has 1 aromatic heterocycles. The van der Waals surface area contributed by atoms with Crippen molar-refractivity contribution in [3.63, 3.8) is 0 Å². The molecule has 24 heavy (non-hydrogen) atoms. The van der Waals surface area contributed by atoms with Crippen molar-refractivity contribution in [1.82, 2.24) is 4.98 Å². The first-order valence-corrected chi connectivity index (χ1v) is 7.51. The lowest BCUT2D eigenvalue weighted by Crippen LogP contribution is -2.27. The predicted octanol–water partition coefficient (Wildman–Crippen LogP) is 4.55. The van der Waals surface area contributed by atoms with Gasteiger partial charge in [-0.05, 0) is 51.1 Å². The van der Waals surface area contributed by atoms with Crippen molar-refractivity contribution < 1.29 is 19.1 Å². The lowest BCUT2D eigenvalue weighted by Gasteiger charge is -2.19. The molecule has 6 nitrogen and oxygen atoms in total. The molecular weight excluding hydrogens is 308 g/mol. The van der Waals surface area contributed by atoms with Gasteiger partial charge in [0.2, 0.25) is 5.89 Å². The maximum Gasteiger partial charge on any atom is 0.412 e. The van der Waals surface area contributed by atoms with Crippen molar-refractivity contribution in [1.29, 1.82) is 0 Å². The number of rotatable bonds is 2. The number of nitrogens with zero attached hydrogens (tertiary/aromatic N) is 1. The summed E-state index contributed by atoms with van der Waals surface area (Å²) in [5.41, 5.74) is 1.58. The molecule has 0 aliphatic heterocycles. The molecule has 2 aromatic carbocycles. The number of phenols is 1. The van der Waals surface area contributed by atoms with E-state index in [2.05, 4.69) is 10.3 Å². The lowest BCUT2D eigenvalue weighted by atomic mass is 10.1. The van der Waals surface area contributed by atoms with Gasteiger partial charge in [-0.2, -0.15) is 0 Å². The average molecular weight is 326 g/mol. The fourth-order valence-electron chi connectivity index (χ4n) is 2.19. The Morgan fingerprint density at radius 1 is 1.21 bits per heavy atom. The summed E-state index contributed by atoms with van der Waals surface area (Å²) in [6.45, 7) is 5.35. The number of carbonyl (C=O) groups excluding carboxylic acids is 1. The number of oxazole rings is 1. The fourth-order valence-corrected chi connectivity index (χ4v) is 2.19. The van der Waals surface area contributed by atoms with Gasteiger partial charge < -0.3 is 14.3 Å². The number of hydrogen-bond donors (Lipinski definition) is 2. The summed E-state index contributed by atoms with van der Waals surface area (Å²) in [6.07, 6.45) is -0.572. The van der Waals surface area contributed by atoms with Crippen molar-refractivity contribution in [2.75, 3.05) is 5.32 Å². The maximum absolute atomic E-state index is 11.9. The van der Waals surface area contributed by atoms with E-state index in [0.717, 1.165) is 0 Å². The Morgan fingerprint density at radius 3 is 2.67 bits per heavy atom. The monoisotopic (exact) mass is 326 g/mol. The minimum atomic E-state index is -0.593. The molecule has 1 amide bonds. The summed E-state index contributed by atoms with van der Waals surface area (Å²) in [4.78, 5) is 16.2. The van der Waals surface area contributed by atoms with E-state index < -0.39 is 11.7 Å². The summed E-state index contributed by atoms with van der Waals surface area (Å²) >= 11 is 0. The van der Waals surface area contributed by atoms with Crippen LogP contribution in [0.5, 0.6) is 5.75 Å². The number of aromatic hydroxyl groups is 1. The van der Waals surface area contributed by atoms with Crippen LogP contribution in [-0.4, -0.2) is 21.8 Å². The second kappa shape index (κ2) is 5.88. The molecule has 0 unspecified atom stereocenters. The molecule has 2 N–H and O–H groups in total. The number of aromatic nitrogens is 1. The summed E-state index contributed by atoms with van der Waals surface area (Å²) in [5.74, 6) is 0.290. The van der Waals surface area contributed by atoms with E-state index in [9.17, 15) is 9.90 Å². The molecule has 0 saturated carbocycles. The third-order valence-corrected chi connectivity index (χ3v) is 3.17. The van der Waals surface area contributed by atoms with Crippen LogP contribution in [0.1, 0.15) is 20.8 Å². The Kier molecular flexibility index (Phi) is 3.89. The molecule has 0 aliphatic carbocycles. The van der Waals surface area contributed by atoms with Crippen molar-refractivity contribution in [3.05, 3.63) is 42.5 Å². The Morgan fingerprint density at radius 2 is 1.96 bits per heavy atom. The number of carbonyl (C=O) groups is 1. The molecule has 1 heterocycles. The van der Waals surface area contributed by atoms with Crippen LogP contribution >= 0.6 is 0 Å². The maximum atomic E-state index is 11.9. The van der Waals surface area contributed by atoms with Gasteiger partial charge in [-0.3, -0.25) is 5.32 Å². The quantitative estimate of drug-likeness (QED) is 0.675. The van der Waals surface area contributed by atoms with Gasteiger partial charge in [-0.1, -0.05) is 12.1 Å². The van der Waals surface area contributed by atoms with Gasteiger partial charge >= 0.3 is 6.09 Å². The molecule has 124 valence electrons. The highest BCUT2D eigenvalue weighted by Crippen LogP contribution is 2.33. The van der Waals surface area contributed by atoms with E-state index in [0.29, 0.717) is 22.4 Å². The Labute approximate surface area is 139 Å². The number of hydrogen-bond acceptors (Lipinski definition) is 5. The minimum absolute atomic E-state index is 0.0105. The normalized spacial score (nSPS) is 11.5.